The molecule has 3 rings (SSSR count). The Kier molecular flexibility index (Phi) is 6.25. The highest BCUT2D eigenvalue weighted by Crippen LogP contribution is 2.31. The van der Waals surface area contributed by atoms with E-state index < -0.39 is 21.8 Å². The maximum Gasteiger partial charge on any atom is 0.416 e. The molecule has 1 saturated heterocycles. The fourth-order valence-corrected chi connectivity index (χ4v) is 5.13. The summed E-state index contributed by atoms with van der Waals surface area (Å²) < 4.78 is 64.7. The molecule has 27 heavy (non-hydrogen) atoms. The van der Waals surface area contributed by atoms with Crippen LogP contribution in [0, 0.1) is 0 Å². The van der Waals surface area contributed by atoms with Crippen molar-refractivity contribution in [3.8, 4) is 0 Å². The predicted octanol–water partition coefficient (Wildman–Crippen LogP) is 3.92. The van der Waals surface area contributed by atoms with E-state index in [-0.39, 0.29) is 11.4 Å². The summed E-state index contributed by atoms with van der Waals surface area (Å²) in [6, 6.07) is 7.74. The molecule has 1 aromatic heterocycles. The molecule has 0 unspecified atom stereocenters. The van der Waals surface area contributed by atoms with Gasteiger partial charge in [-0.3, -0.25) is 0 Å². The fraction of sp³-hybridized carbons (Fsp3) is 0.444. The Hall–Kier alpha value is -1.42. The van der Waals surface area contributed by atoms with Crippen molar-refractivity contribution in [1.82, 2.24) is 9.62 Å². The van der Waals surface area contributed by atoms with Gasteiger partial charge < -0.3 is 4.90 Å². The topological polar surface area (TPSA) is 49.4 Å². The van der Waals surface area contributed by atoms with Gasteiger partial charge in [0.1, 0.15) is 0 Å². The summed E-state index contributed by atoms with van der Waals surface area (Å²) in [6.45, 7) is 2.62. The quantitative estimate of drug-likeness (QED) is 0.774. The van der Waals surface area contributed by atoms with E-state index in [1.807, 2.05) is 0 Å². The molecule has 4 nitrogen and oxygen atoms in total. The molecule has 1 fully saturated rings. The molecule has 0 bridgehead atoms. The first-order valence-corrected chi connectivity index (χ1v) is 11.0. The van der Waals surface area contributed by atoms with E-state index in [0.717, 1.165) is 50.2 Å². The largest absolute Gasteiger partial charge is 0.416 e. The van der Waals surface area contributed by atoms with Crippen LogP contribution >= 0.6 is 11.3 Å². The lowest BCUT2D eigenvalue weighted by Gasteiger charge is -2.31. The number of nitrogens with zero attached hydrogens (tertiary/aromatic N) is 1. The Morgan fingerprint density at radius 2 is 1.78 bits per heavy atom. The molecule has 1 aliphatic rings. The predicted molar refractivity (Wildman–Crippen MR) is 99.4 cm³/mol. The van der Waals surface area contributed by atoms with Gasteiger partial charge in [-0.2, -0.15) is 13.2 Å². The van der Waals surface area contributed by atoms with E-state index >= 15 is 0 Å². The first-order chi connectivity index (χ1) is 12.8. The normalized spacial score (nSPS) is 17.3. The van der Waals surface area contributed by atoms with E-state index in [1.165, 1.54) is 4.88 Å². The van der Waals surface area contributed by atoms with Crippen LogP contribution in [0.25, 0.3) is 0 Å². The van der Waals surface area contributed by atoms with Gasteiger partial charge >= 0.3 is 6.18 Å². The summed E-state index contributed by atoms with van der Waals surface area (Å²) >= 11 is 1.77. The van der Waals surface area contributed by atoms with Crippen LogP contribution in [0.4, 0.5) is 13.2 Å². The van der Waals surface area contributed by atoms with Gasteiger partial charge in [-0.15, -0.1) is 11.3 Å². The van der Waals surface area contributed by atoms with Crippen LogP contribution in [0.3, 0.4) is 0 Å². The van der Waals surface area contributed by atoms with Gasteiger partial charge in [0.15, 0.2) is 0 Å². The van der Waals surface area contributed by atoms with Crippen molar-refractivity contribution in [1.29, 1.82) is 0 Å². The highest BCUT2D eigenvalue weighted by molar-refractivity contribution is 7.89. The molecule has 1 aliphatic heterocycles. The average Bonchev–Trinajstić information content (AvgIpc) is 3.16. The smallest absolute Gasteiger partial charge is 0.302 e. The Balaban J connectivity index is 1.47. The lowest BCUT2D eigenvalue weighted by molar-refractivity contribution is -0.137. The van der Waals surface area contributed by atoms with Crippen molar-refractivity contribution in [2.45, 2.75) is 29.8 Å². The second kappa shape index (κ2) is 8.30. The highest BCUT2D eigenvalue weighted by atomic mass is 32.2. The molecule has 1 aromatic carbocycles. The SMILES string of the molecule is O=S(=O)(NCCN1CCC(c2cccs2)CC1)c1ccc(C(F)(F)F)cc1. The van der Waals surface area contributed by atoms with Crippen molar-refractivity contribution in [2.24, 2.45) is 0 Å². The first-order valence-electron chi connectivity index (χ1n) is 8.68. The van der Waals surface area contributed by atoms with Gasteiger partial charge in [-0.25, -0.2) is 13.1 Å². The van der Waals surface area contributed by atoms with Gasteiger partial charge in [-0.1, -0.05) is 6.07 Å². The molecule has 0 saturated carbocycles. The maximum absolute atomic E-state index is 12.6. The average molecular weight is 419 g/mol. The van der Waals surface area contributed by atoms with Crippen molar-refractivity contribution in [3.63, 3.8) is 0 Å². The summed E-state index contributed by atoms with van der Waals surface area (Å²) in [4.78, 5) is 3.45. The molecule has 0 atom stereocenters. The van der Waals surface area contributed by atoms with Crippen LogP contribution < -0.4 is 4.72 Å². The van der Waals surface area contributed by atoms with Crippen LogP contribution in [-0.2, 0) is 16.2 Å². The Morgan fingerprint density at radius 1 is 1.11 bits per heavy atom. The molecule has 2 heterocycles. The van der Waals surface area contributed by atoms with Gasteiger partial charge in [0, 0.05) is 18.0 Å². The zero-order valence-electron chi connectivity index (χ0n) is 14.6. The highest BCUT2D eigenvalue weighted by Gasteiger charge is 2.30. The number of hydrogen-bond donors (Lipinski definition) is 1. The fourth-order valence-electron chi connectivity index (χ4n) is 3.21. The zero-order chi connectivity index (χ0) is 19.5. The van der Waals surface area contributed by atoms with Crippen LogP contribution in [0.1, 0.15) is 29.2 Å². The number of piperidine rings is 1. The van der Waals surface area contributed by atoms with Crippen LogP contribution in [0.15, 0.2) is 46.7 Å². The molecule has 9 heteroatoms. The molecule has 0 aliphatic carbocycles. The number of sulfonamides is 1. The molecule has 2 aromatic rings. The molecule has 0 spiro atoms. The Bertz CT molecular complexity index is 826. The van der Waals surface area contributed by atoms with Gasteiger partial charge in [0.25, 0.3) is 0 Å². The molecular formula is C18H21F3N2O2S2. The number of alkyl halides is 3. The van der Waals surface area contributed by atoms with Crippen LogP contribution in [0.5, 0.6) is 0 Å². The van der Waals surface area contributed by atoms with Crippen LogP contribution in [-0.4, -0.2) is 39.5 Å². The minimum Gasteiger partial charge on any atom is -0.302 e. The first kappa shape index (κ1) is 20.3. The summed E-state index contributed by atoms with van der Waals surface area (Å²) in [5, 5.41) is 2.08. The Labute approximate surface area is 161 Å². The molecular weight excluding hydrogens is 397 g/mol. The Morgan fingerprint density at radius 3 is 2.33 bits per heavy atom. The summed E-state index contributed by atoms with van der Waals surface area (Å²) in [5.41, 5.74) is -0.866. The standard InChI is InChI=1S/C18H21F3N2O2S2/c19-18(20,21)15-3-5-16(6-4-15)27(24,25)22-9-12-23-10-7-14(8-11-23)17-2-1-13-26-17/h1-6,13-14,22H,7-12H2. The molecule has 148 valence electrons. The number of benzene rings is 1. The third kappa shape index (κ3) is 5.31. The van der Waals surface area contributed by atoms with Crippen LogP contribution in [0.2, 0.25) is 0 Å². The second-order valence-electron chi connectivity index (χ2n) is 6.55. The van der Waals surface area contributed by atoms with Gasteiger partial charge in [-0.05, 0) is 67.6 Å². The lowest BCUT2D eigenvalue weighted by atomic mass is 9.95. The second-order valence-corrected chi connectivity index (χ2v) is 9.30. The lowest BCUT2D eigenvalue weighted by Crippen LogP contribution is -2.39. The monoisotopic (exact) mass is 418 g/mol. The summed E-state index contributed by atoms with van der Waals surface area (Å²) in [5.74, 6) is 0.574. The number of thiophene rings is 1. The van der Waals surface area contributed by atoms with Gasteiger partial charge in [0.2, 0.25) is 10.0 Å². The van der Waals surface area contributed by atoms with E-state index in [2.05, 4.69) is 27.1 Å². The molecule has 0 radical (unpaired) electrons. The molecule has 0 amide bonds. The number of nitrogens with one attached hydrogen (secondary N) is 1. The number of rotatable bonds is 6. The zero-order valence-corrected chi connectivity index (χ0v) is 16.2. The number of hydrogen-bond acceptors (Lipinski definition) is 4. The maximum atomic E-state index is 12.6. The summed E-state index contributed by atoms with van der Waals surface area (Å²) in [7, 11) is -3.81. The van der Waals surface area contributed by atoms with E-state index in [1.54, 1.807) is 11.3 Å². The summed E-state index contributed by atoms with van der Waals surface area (Å²) in [6.07, 6.45) is -2.39. The number of likely N-dealkylation sites (tertiary alicyclic amines) is 1. The van der Waals surface area contributed by atoms with E-state index in [4.69, 9.17) is 0 Å². The molecule has 1 N–H and O–H groups in total. The van der Waals surface area contributed by atoms with E-state index in [0.29, 0.717) is 12.5 Å². The van der Waals surface area contributed by atoms with Crippen molar-refractivity contribution >= 4 is 21.4 Å². The van der Waals surface area contributed by atoms with Crippen molar-refractivity contribution in [2.75, 3.05) is 26.2 Å². The third-order valence-electron chi connectivity index (χ3n) is 4.75. The van der Waals surface area contributed by atoms with Crippen molar-refractivity contribution < 1.29 is 21.6 Å². The number of halogens is 3. The minimum atomic E-state index is -4.48. The third-order valence-corrected chi connectivity index (χ3v) is 7.26. The minimum absolute atomic E-state index is 0.160. The van der Waals surface area contributed by atoms with E-state index in [9.17, 15) is 21.6 Å². The van der Waals surface area contributed by atoms with Crippen molar-refractivity contribution in [3.05, 3.63) is 52.2 Å². The van der Waals surface area contributed by atoms with Gasteiger partial charge in [0.05, 0.1) is 10.5 Å².